The number of rotatable bonds is 1. The quantitative estimate of drug-likeness (QED) is 0.519. The molecule has 13 heavy (non-hydrogen) atoms. The van der Waals surface area contributed by atoms with Crippen LogP contribution >= 0.6 is 0 Å². The molecule has 1 atom stereocenters. The summed E-state index contributed by atoms with van der Waals surface area (Å²) in [6.45, 7) is 0.378. The van der Waals surface area contributed by atoms with Crippen LogP contribution in [-0.4, -0.2) is 12.7 Å². The van der Waals surface area contributed by atoms with Crippen molar-refractivity contribution in [1.82, 2.24) is 0 Å². The Bertz CT molecular complexity index is 289. The first-order valence-electron chi connectivity index (χ1n) is 3.79. The van der Waals surface area contributed by atoms with Gasteiger partial charge < -0.3 is 10.1 Å². The summed E-state index contributed by atoms with van der Waals surface area (Å²) >= 11 is 0. The van der Waals surface area contributed by atoms with E-state index in [1.165, 1.54) is 0 Å². The summed E-state index contributed by atoms with van der Waals surface area (Å²) in [5.74, 6) is 0. The first-order chi connectivity index (χ1) is 5.86. The molecule has 2 rings (SSSR count). The summed E-state index contributed by atoms with van der Waals surface area (Å²) < 4.78 is 4.71. The van der Waals surface area contributed by atoms with Crippen molar-refractivity contribution in [2.24, 2.45) is 0 Å². The topological polar surface area (TPSA) is 40.4 Å². The third-order valence-electron chi connectivity index (χ3n) is 1.81. The molecule has 1 aliphatic rings. The zero-order chi connectivity index (χ0) is 8.39. The molecule has 62 valence electrons. The van der Waals surface area contributed by atoms with Crippen LogP contribution in [0.25, 0.3) is 5.32 Å². The average Bonchev–Trinajstić information content (AvgIpc) is 2.54. The summed E-state index contributed by atoms with van der Waals surface area (Å²) in [5, 5.41) is 3.80. The van der Waals surface area contributed by atoms with E-state index in [0.29, 0.717) is 6.61 Å². The monoisotopic (exact) mass is 169 g/mol. The number of hydrogen-bond acceptors (Lipinski definition) is 2. The molecule has 0 aliphatic carbocycles. The number of cyclic esters (lactones) is 1. The summed E-state index contributed by atoms with van der Waals surface area (Å²) in [5.41, 5.74) is 1.03. The van der Waals surface area contributed by atoms with Gasteiger partial charge in [-0.25, -0.2) is 0 Å². The maximum Gasteiger partial charge on any atom is 1.00 e. The van der Waals surface area contributed by atoms with E-state index < -0.39 is 6.09 Å². The summed E-state index contributed by atoms with van der Waals surface area (Å²) in [4.78, 5) is 10.6. The molecule has 1 heterocycles. The summed E-state index contributed by atoms with van der Waals surface area (Å²) in [6.07, 6.45) is -0.455. The molecule has 1 fully saturated rings. The Morgan fingerprint density at radius 2 is 2.00 bits per heavy atom. The molecule has 4 heteroatoms. The molecule has 0 bridgehead atoms. The van der Waals surface area contributed by atoms with Gasteiger partial charge in [-0.1, -0.05) is 41.9 Å². The molecule has 0 N–H and O–H groups in total. The minimum absolute atomic E-state index is 0. The molecule has 1 amide bonds. The van der Waals surface area contributed by atoms with Crippen molar-refractivity contribution in [3.05, 3.63) is 41.2 Å². The van der Waals surface area contributed by atoms with Crippen LogP contribution in [0.4, 0.5) is 4.79 Å². The van der Waals surface area contributed by atoms with Crippen molar-refractivity contribution in [1.29, 1.82) is 0 Å². The van der Waals surface area contributed by atoms with Crippen LogP contribution in [0.3, 0.4) is 0 Å². The first kappa shape index (κ1) is 10.2. The third kappa shape index (κ3) is 2.27. The number of hydrogen-bond donors (Lipinski definition) is 0. The Balaban J connectivity index is 0.000000845. The van der Waals surface area contributed by atoms with Crippen LogP contribution in [0, 0.1) is 0 Å². The van der Waals surface area contributed by atoms with Gasteiger partial charge in [-0.05, 0) is 0 Å². The first-order valence-corrected chi connectivity index (χ1v) is 3.79. The second-order valence-electron chi connectivity index (χ2n) is 2.63. The standard InChI is InChI=1S/C9H9NO2.Li/c11-9-10-8(6-12-9)7-4-2-1-3-5-7;/h1-5,8H,6H2,(H,10,11);/q;+1/p-1. The zero-order valence-corrected chi connectivity index (χ0v) is 7.43. The second-order valence-corrected chi connectivity index (χ2v) is 2.63. The van der Waals surface area contributed by atoms with Gasteiger partial charge in [0, 0.05) is 0 Å². The van der Waals surface area contributed by atoms with Gasteiger partial charge in [0.1, 0.15) is 0 Å². The molecule has 1 unspecified atom stereocenters. The van der Waals surface area contributed by atoms with Gasteiger partial charge in [-0.2, -0.15) is 0 Å². The molecule has 0 aromatic heterocycles. The fraction of sp³-hybridized carbons (Fsp3) is 0.222. The Morgan fingerprint density at radius 3 is 2.54 bits per heavy atom. The molecule has 1 aromatic carbocycles. The molecular weight excluding hydrogens is 161 g/mol. The van der Waals surface area contributed by atoms with E-state index in [9.17, 15) is 4.79 Å². The minimum atomic E-state index is -0.455. The Kier molecular flexibility index (Phi) is 3.41. The van der Waals surface area contributed by atoms with Crippen LogP contribution in [0.1, 0.15) is 11.6 Å². The van der Waals surface area contributed by atoms with Gasteiger partial charge in [0.2, 0.25) is 6.09 Å². The maximum absolute atomic E-state index is 10.6. The van der Waals surface area contributed by atoms with Gasteiger partial charge in [0.05, 0.1) is 6.61 Å². The van der Waals surface area contributed by atoms with Crippen molar-refractivity contribution in [2.45, 2.75) is 6.04 Å². The van der Waals surface area contributed by atoms with Crippen LogP contribution < -0.4 is 18.9 Å². The number of ether oxygens (including phenoxy) is 1. The van der Waals surface area contributed by atoms with Crippen molar-refractivity contribution < 1.29 is 28.4 Å². The molecule has 0 spiro atoms. The van der Waals surface area contributed by atoms with Gasteiger partial charge in [0.25, 0.3) is 0 Å². The number of carbonyl (C=O) groups excluding carboxylic acids is 1. The molecule has 3 nitrogen and oxygen atoms in total. The van der Waals surface area contributed by atoms with E-state index in [1.807, 2.05) is 30.3 Å². The number of amides is 1. The van der Waals surface area contributed by atoms with Crippen LogP contribution in [-0.2, 0) is 4.74 Å². The van der Waals surface area contributed by atoms with E-state index in [1.54, 1.807) is 0 Å². The van der Waals surface area contributed by atoms with Gasteiger partial charge in [-0.3, -0.25) is 4.79 Å². The summed E-state index contributed by atoms with van der Waals surface area (Å²) in [7, 11) is 0. The smallest absolute Gasteiger partial charge is 0.608 e. The van der Waals surface area contributed by atoms with Crippen LogP contribution in [0.15, 0.2) is 30.3 Å². The molecular formula is C9H8LiNO2. The number of nitrogens with zero attached hydrogens (tertiary/aromatic N) is 1. The van der Waals surface area contributed by atoms with Gasteiger partial charge >= 0.3 is 18.9 Å². The fourth-order valence-electron chi connectivity index (χ4n) is 1.20. The van der Waals surface area contributed by atoms with Crippen molar-refractivity contribution in [3.63, 3.8) is 0 Å². The number of benzene rings is 1. The molecule has 1 saturated heterocycles. The van der Waals surface area contributed by atoms with E-state index in [2.05, 4.69) is 5.32 Å². The maximum atomic E-state index is 10.6. The Labute approximate surface area is 88.6 Å². The van der Waals surface area contributed by atoms with Crippen molar-refractivity contribution in [3.8, 4) is 0 Å². The average molecular weight is 169 g/mol. The second kappa shape index (κ2) is 4.36. The molecule has 1 aliphatic heterocycles. The molecule has 1 aromatic rings. The SMILES string of the molecule is O=C1[N-]C(c2ccccc2)CO1.[Li+]. The predicted octanol–water partition coefficient (Wildman–Crippen LogP) is -0.744. The third-order valence-corrected chi connectivity index (χ3v) is 1.81. The van der Waals surface area contributed by atoms with E-state index >= 15 is 0 Å². The molecule has 0 radical (unpaired) electrons. The predicted molar refractivity (Wildman–Crippen MR) is 43.9 cm³/mol. The largest absolute Gasteiger partial charge is 1.00 e. The van der Waals surface area contributed by atoms with Crippen LogP contribution in [0.2, 0.25) is 0 Å². The van der Waals surface area contributed by atoms with E-state index in [-0.39, 0.29) is 24.9 Å². The van der Waals surface area contributed by atoms with Gasteiger partial charge in [-0.15, -0.1) is 0 Å². The van der Waals surface area contributed by atoms with Crippen molar-refractivity contribution in [2.75, 3.05) is 6.61 Å². The summed E-state index contributed by atoms with van der Waals surface area (Å²) in [6, 6.07) is 9.56. The normalized spacial score (nSPS) is 20.0. The number of carbonyl (C=O) groups is 1. The minimum Gasteiger partial charge on any atom is -0.608 e. The molecule has 0 saturated carbocycles. The van der Waals surface area contributed by atoms with Crippen molar-refractivity contribution >= 4 is 6.09 Å². The fourth-order valence-corrected chi connectivity index (χ4v) is 1.20. The van der Waals surface area contributed by atoms with E-state index in [4.69, 9.17) is 4.74 Å². The zero-order valence-electron chi connectivity index (χ0n) is 7.43. The Hall–Kier alpha value is -0.913. The van der Waals surface area contributed by atoms with Crippen LogP contribution in [0.5, 0.6) is 0 Å². The Morgan fingerprint density at radius 1 is 1.31 bits per heavy atom. The van der Waals surface area contributed by atoms with Gasteiger partial charge in [0.15, 0.2) is 0 Å². The van der Waals surface area contributed by atoms with E-state index in [0.717, 1.165) is 5.56 Å².